The highest BCUT2D eigenvalue weighted by Gasteiger charge is 2.05. The number of hydrogen-bond donors (Lipinski definition) is 1. The van der Waals surface area contributed by atoms with Gasteiger partial charge in [0.05, 0.1) is 17.8 Å². The fraction of sp³-hybridized carbons (Fsp3) is 0.250. The standard InChI is InChI=1S/C12H13ClFN3/c1-15-5-9-2-3-12(14)10(4-9)7-17-8-11(13)6-16-17/h2-4,6,8,15H,5,7H2,1H3. The van der Waals surface area contributed by atoms with Crippen molar-refractivity contribution in [1.29, 1.82) is 0 Å². The summed E-state index contributed by atoms with van der Waals surface area (Å²) in [6, 6.07) is 5.08. The third kappa shape index (κ3) is 3.05. The number of nitrogens with zero attached hydrogens (tertiary/aromatic N) is 2. The summed E-state index contributed by atoms with van der Waals surface area (Å²) in [5, 5.41) is 7.62. The number of benzene rings is 1. The average Bonchev–Trinajstić information content (AvgIpc) is 2.69. The van der Waals surface area contributed by atoms with Gasteiger partial charge in [0.15, 0.2) is 0 Å². The maximum atomic E-state index is 13.6. The van der Waals surface area contributed by atoms with E-state index in [1.54, 1.807) is 16.9 Å². The van der Waals surface area contributed by atoms with Gasteiger partial charge in [0, 0.05) is 18.3 Å². The first-order valence-corrected chi connectivity index (χ1v) is 5.66. The van der Waals surface area contributed by atoms with Crippen LogP contribution in [0, 0.1) is 5.82 Å². The number of rotatable bonds is 4. The Hall–Kier alpha value is -1.39. The summed E-state index contributed by atoms with van der Waals surface area (Å²) in [6.45, 7) is 1.10. The molecule has 0 aliphatic carbocycles. The van der Waals surface area contributed by atoms with E-state index >= 15 is 0 Å². The van der Waals surface area contributed by atoms with Crippen molar-refractivity contribution in [3.8, 4) is 0 Å². The van der Waals surface area contributed by atoms with Crippen molar-refractivity contribution in [2.24, 2.45) is 0 Å². The van der Waals surface area contributed by atoms with Crippen LogP contribution in [0.4, 0.5) is 4.39 Å². The molecule has 0 unspecified atom stereocenters. The minimum absolute atomic E-state index is 0.225. The van der Waals surface area contributed by atoms with Crippen LogP contribution in [-0.4, -0.2) is 16.8 Å². The quantitative estimate of drug-likeness (QED) is 0.907. The topological polar surface area (TPSA) is 29.9 Å². The molecule has 0 saturated carbocycles. The zero-order chi connectivity index (χ0) is 12.3. The Bertz CT molecular complexity index is 510. The van der Waals surface area contributed by atoms with Crippen LogP contribution in [0.3, 0.4) is 0 Å². The molecule has 0 amide bonds. The summed E-state index contributed by atoms with van der Waals surface area (Å²) in [5.74, 6) is -0.225. The predicted octanol–water partition coefficient (Wildman–Crippen LogP) is 2.44. The number of aromatic nitrogens is 2. The van der Waals surface area contributed by atoms with E-state index in [4.69, 9.17) is 11.6 Å². The summed E-state index contributed by atoms with van der Waals surface area (Å²) in [7, 11) is 1.86. The van der Waals surface area contributed by atoms with Gasteiger partial charge in [0.25, 0.3) is 0 Å². The van der Waals surface area contributed by atoms with Crippen LogP contribution in [0.15, 0.2) is 30.6 Å². The lowest BCUT2D eigenvalue weighted by atomic mass is 10.1. The van der Waals surface area contributed by atoms with Crippen molar-refractivity contribution in [3.63, 3.8) is 0 Å². The normalized spacial score (nSPS) is 10.8. The third-order valence-electron chi connectivity index (χ3n) is 2.43. The van der Waals surface area contributed by atoms with Crippen molar-refractivity contribution in [2.45, 2.75) is 13.1 Å². The lowest BCUT2D eigenvalue weighted by Gasteiger charge is -2.07. The molecule has 0 radical (unpaired) electrons. The van der Waals surface area contributed by atoms with E-state index < -0.39 is 0 Å². The monoisotopic (exact) mass is 253 g/mol. The molecule has 0 atom stereocenters. The molecule has 0 bridgehead atoms. The number of nitrogens with one attached hydrogen (secondary N) is 1. The lowest BCUT2D eigenvalue weighted by Crippen LogP contribution is -2.07. The summed E-state index contributed by atoms with van der Waals surface area (Å²) >= 11 is 5.76. The predicted molar refractivity (Wildman–Crippen MR) is 65.5 cm³/mol. The van der Waals surface area contributed by atoms with E-state index in [1.165, 1.54) is 12.3 Å². The molecule has 2 aromatic rings. The van der Waals surface area contributed by atoms with Crippen LogP contribution < -0.4 is 5.32 Å². The van der Waals surface area contributed by atoms with Crippen LogP contribution in [0.1, 0.15) is 11.1 Å². The summed E-state index contributed by atoms with van der Waals surface area (Å²) in [5.41, 5.74) is 1.65. The van der Waals surface area contributed by atoms with Crippen LogP contribution in [0.2, 0.25) is 5.02 Å². The van der Waals surface area contributed by atoms with E-state index in [1.807, 2.05) is 13.1 Å². The largest absolute Gasteiger partial charge is 0.316 e. The molecule has 90 valence electrons. The first-order valence-electron chi connectivity index (χ1n) is 5.29. The van der Waals surface area contributed by atoms with Crippen LogP contribution in [0.25, 0.3) is 0 Å². The Morgan fingerprint density at radius 3 is 2.94 bits per heavy atom. The van der Waals surface area contributed by atoms with Gasteiger partial charge >= 0.3 is 0 Å². The number of hydrogen-bond acceptors (Lipinski definition) is 2. The minimum atomic E-state index is -0.225. The zero-order valence-electron chi connectivity index (χ0n) is 9.45. The average molecular weight is 254 g/mol. The summed E-state index contributed by atoms with van der Waals surface area (Å²) in [6.07, 6.45) is 3.21. The molecule has 0 spiro atoms. The molecule has 17 heavy (non-hydrogen) atoms. The molecule has 0 aliphatic rings. The summed E-state index contributed by atoms with van der Waals surface area (Å²) < 4.78 is 15.2. The maximum Gasteiger partial charge on any atom is 0.128 e. The third-order valence-corrected chi connectivity index (χ3v) is 2.62. The van der Waals surface area contributed by atoms with Gasteiger partial charge in [-0.3, -0.25) is 4.68 Å². The van der Waals surface area contributed by atoms with Gasteiger partial charge in [-0.15, -0.1) is 0 Å². The highest BCUT2D eigenvalue weighted by molar-refractivity contribution is 6.30. The molecule has 0 aliphatic heterocycles. The highest BCUT2D eigenvalue weighted by Crippen LogP contribution is 2.13. The van der Waals surface area contributed by atoms with Gasteiger partial charge in [-0.1, -0.05) is 17.7 Å². The van der Waals surface area contributed by atoms with Gasteiger partial charge in [-0.2, -0.15) is 5.10 Å². The minimum Gasteiger partial charge on any atom is -0.316 e. The first-order chi connectivity index (χ1) is 8.19. The Morgan fingerprint density at radius 2 is 2.29 bits per heavy atom. The molecule has 1 heterocycles. The lowest BCUT2D eigenvalue weighted by molar-refractivity contribution is 0.583. The Labute approximate surface area is 104 Å². The fourth-order valence-corrected chi connectivity index (χ4v) is 1.82. The van der Waals surface area contributed by atoms with Gasteiger partial charge in [0.1, 0.15) is 5.82 Å². The fourth-order valence-electron chi connectivity index (χ4n) is 1.66. The van der Waals surface area contributed by atoms with Crippen molar-refractivity contribution >= 4 is 11.6 Å². The molecule has 5 heteroatoms. The van der Waals surface area contributed by atoms with Crippen LogP contribution >= 0.6 is 11.6 Å². The Kier molecular flexibility index (Phi) is 3.76. The molecular formula is C12H13ClFN3. The second-order valence-corrected chi connectivity index (χ2v) is 4.25. The van der Waals surface area contributed by atoms with Crippen molar-refractivity contribution < 1.29 is 4.39 Å². The van der Waals surface area contributed by atoms with Gasteiger partial charge < -0.3 is 5.32 Å². The Morgan fingerprint density at radius 1 is 1.47 bits per heavy atom. The SMILES string of the molecule is CNCc1ccc(F)c(Cn2cc(Cl)cn2)c1. The van der Waals surface area contributed by atoms with E-state index in [2.05, 4.69) is 10.4 Å². The molecule has 1 aromatic carbocycles. The molecule has 1 aromatic heterocycles. The second kappa shape index (κ2) is 5.29. The van der Waals surface area contributed by atoms with Crippen molar-refractivity contribution in [1.82, 2.24) is 15.1 Å². The van der Waals surface area contributed by atoms with Gasteiger partial charge in [-0.05, 0) is 24.7 Å². The molecular weight excluding hydrogens is 241 g/mol. The van der Waals surface area contributed by atoms with E-state index in [-0.39, 0.29) is 5.82 Å². The molecule has 2 rings (SSSR count). The number of halogens is 2. The van der Waals surface area contributed by atoms with Gasteiger partial charge in [0.2, 0.25) is 0 Å². The molecule has 0 fully saturated rings. The van der Waals surface area contributed by atoms with Crippen LogP contribution in [-0.2, 0) is 13.1 Å². The maximum absolute atomic E-state index is 13.6. The highest BCUT2D eigenvalue weighted by atomic mass is 35.5. The summed E-state index contributed by atoms with van der Waals surface area (Å²) in [4.78, 5) is 0. The van der Waals surface area contributed by atoms with E-state index in [0.717, 1.165) is 5.56 Å². The van der Waals surface area contributed by atoms with Crippen LogP contribution in [0.5, 0.6) is 0 Å². The Balaban J connectivity index is 2.22. The second-order valence-electron chi connectivity index (χ2n) is 3.81. The van der Waals surface area contributed by atoms with E-state index in [9.17, 15) is 4.39 Å². The smallest absolute Gasteiger partial charge is 0.128 e. The first kappa shape index (κ1) is 12.1. The van der Waals surface area contributed by atoms with Crippen molar-refractivity contribution in [3.05, 3.63) is 52.6 Å². The van der Waals surface area contributed by atoms with E-state index in [0.29, 0.717) is 23.7 Å². The molecule has 3 nitrogen and oxygen atoms in total. The van der Waals surface area contributed by atoms with Crippen molar-refractivity contribution in [2.75, 3.05) is 7.05 Å². The zero-order valence-corrected chi connectivity index (χ0v) is 10.2. The molecule has 0 saturated heterocycles. The van der Waals surface area contributed by atoms with Gasteiger partial charge in [-0.25, -0.2) is 4.39 Å². The molecule has 1 N–H and O–H groups in total.